The third-order valence-electron chi connectivity index (χ3n) is 1.72. The van der Waals surface area contributed by atoms with E-state index >= 15 is 0 Å². The molecule has 12 heavy (non-hydrogen) atoms. The van der Waals surface area contributed by atoms with Crippen molar-refractivity contribution in [1.82, 2.24) is 5.32 Å². The Balaban J connectivity index is 0.00000121. The van der Waals surface area contributed by atoms with E-state index in [1.54, 1.807) is 14.2 Å². The van der Waals surface area contributed by atoms with Gasteiger partial charge in [0.2, 0.25) is 0 Å². The fraction of sp³-hybridized carbons (Fsp3) is 1.00. The summed E-state index contributed by atoms with van der Waals surface area (Å²) in [7, 11) is 3.23. The summed E-state index contributed by atoms with van der Waals surface area (Å²) < 4.78 is 15.5. The van der Waals surface area contributed by atoms with Crippen molar-refractivity contribution in [3.05, 3.63) is 0 Å². The molecule has 0 spiro atoms. The molecule has 1 saturated heterocycles. The summed E-state index contributed by atoms with van der Waals surface area (Å²) in [6.07, 6.45) is -0.221. The summed E-state index contributed by atoms with van der Waals surface area (Å²) in [6.45, 7) is 2.44. The zero-order valence-electron chi connectivity index (χ0n) is 7.41. The number of ether oxygens (including phenoxy) is 3. The first-order chi connectivity index (χ1) is 5.38. The van der Waals surface area contributed by atoms with E-state index in [1.165, 1.54) is 0 Å². The molecule has 1 aliphatic rings. The molecule has 4 nitrogen and oxygen atoms in total. The third-order valence-corrected chi connectivity index (χ3v) is 1.72. The SMILES string of the molecule is COC(OC)C1CNCCO1.Cl. The van der Waals surface area contributed by atoms with Gasteiger partial charge in [-0.3, -0.25) is 0 Å². The minimum atomic E-state index is -0.247. The summed E-state index contributed by atoms with van der Waals surface area (Å²) in [5.74, 6) is 0. The van der Waals surface area contributed by atoms with Gasteiger partial charge in [-0.25, -0.2) is 0 Å². The molecule has 1 heterocycles. The molecule has 1 atom stereocenters. The van der Waals surface area contributed by atoms with Crippen molar-refractivity contribution in [2.24, 2.45) is 0 Å². The smallest absolute Gasteiger partial charge is 0.184 e. The van der Waals surface area contributed by atoms with Crippen LogP contribution in [0.4, 0.5) is 0 Å². The maximum Gasteiger partial charge on any atom is 0.184 e. The fourth-order valence-electron chi connectivity index (χ4n) is 1.16. The molecule has 0 amide bonds. The molecule has 0 aromatic carbocycles. The molecular formula is C7H16ClNO3. The number of hydrogen-bond acceptors (Lipinski definition) is 4. The van der Waals surface area contributed by atoms with Crippen LogP contribution in [0.5, 0.6) is 0 Å². The Morgan fingerprint density at radius 2 is 2.08 bits per heavy atom. The van der Waals surface area contributed by atoms with E-state index in [-0.39, 0.29) is 24.8 Å². The Hall–Kier alpha value is 0.130. The molecule has 0 aromatic heterocycles. The Morgan fingerprint density at radius 1 is 1.42 bits per heavy atom. The van der Waals surface area contributed by atoms with E-state index in [2.05, 4.69) is 5.32 Å². The topological polar surface area (TPSA) is 39.7 Å². The van der Waals surface area contributed by atoms with Gasteiger partial charge >= 0.3 is 0 Å². The Bertz CT molecular complexity index is 105. The first-order valence-electron chi connectivity index (χ1n) is 3.76. The van der Waals surface area contributed by atoms with Crippen LogP contribution in [0.15, 0.2) is 0 Å². The third kappa shape index (κ3) is 3.25. The number of halogens is 1. The summed E-state index contributed by atoms with van der Waals surface area (Å²) in [5.41, 5.74) is 0. The zero-order chi connectivity index (χ0) is 8.10. The Labute approximate surface area is 79.0 Å². The minimum absolute atomic E-state index is 0. The van der Waals surface area contributed by atoms with Gasteiger partial charge in [0.1, 0.15) is 6.10 Å². The first-order valence-corrected chi connectivity index (χ1v) is 3.76. The molecule has 5 heteroatoms. The minimum Gasteiger partial charge on any atom is -0.370 e. The van der Waals surface area contributed by atoms with Crippen LogP contribution in [0.25, 0.3) is 0 Å². The zero-order valence-corrected chi connectivity index (χ0v) is 8.23. The predicted molar refractivity (Wildman–Crippen MR) is 47.7 cm³/mol. The van der Waals surface area contributed by atoms with E-state index in [1.807, 2.05) is 0 Å². The summed E-state index contributed by atoms with van der Waals surface area (Å²) >= 11 is 0. The lowest BCUT2D eigenvalue weighted by Gasteiger charge is -2.28. The van der Waals surface area contributed by atoms with Crippen LogP contribution in [0, 0.1) is 0 Å². The van der Waals surface area contributed by atoms with Crippen LogP contribution in [0.1, 0.15) is 0 Å². The maximum atomic E-state index is 5.41. The number of hydrogen-bond donors (Lipinski definition) is 1. The molecule has 0 radical (unpaired) electrons. The van der Waals surface area contributed by atoms with Gasteiger partial charge in [-0.1, -0.05) is 0 Å². The number of rotatable bonds is 3. The fourth-order valence-corrected chi connectivity index (χ4v) is 1.16. The molecule has 1 unspecified atom stereocenters. The van der Waals surface area contributed by atoms with Crippen LogP contribution >= 0.6 is 12.4 Å². The molecule has 1 N–H and O–H groups in total. The quantitative estimate of drug-likeness (QED) is 0.648. The Morgan fingerprint density at radius 3 is 2.50 bits per heavy atom. The highest BCUT2D eigenvalue weighted by atomic mass is 35.5. The second-order valence-corrected chi connectivity index (χ2v) is 2.45. The highest BCUT2D eigenvalue weighted by molar-refractivity contribution is 5.85. The van der Waals surface area contributed by atoms with Crippen LogP contribution in [-0.2, 0) is 14.2 Å². The van der Waals surface area contributed by atoms with Crippen molar-refractivity contribution in [3.63, 3.8) is 0 Å². The van der Waals surface area contributed by atoms with Crippen molar-refractivity contribution >= 4 is 12.4 Å². The molecule has 1 aliphatic heterocycles. The van der Waals surface area contributed by atoms with E-state index < -0.39 is 0 Å². The van der Waals surface area contributed by atoms with E-state index in [9.17, 15) is 0 Å². The van der Waals surface area contributed by atoms with Gasteiger partial charge < -0.3 is 19.5 Å². The molecule has 0 aliphatic carbocycles. The summed E-state index contributed by atoms with van der Waals surface area (Å²) in [4.78, 5) is 0. The molecule has 74 valence electrons. The second-order valence-electron chi connectivity index (χ2n) is 2.45. The largest absolute Gasteiger partial charge is 0.370 e. The van der Waals surface area contributed by atoms with E-state index in [0.717, 1.165) is 19.7 Å². The summed E-state index contributed by atoms with van der Waals surface area (Å²) in [5, 5.41) is 3.20. The summed E-state index contributed by atoms with van der Waals surface area (Å²) in [6, 6.07) is 0. The molecular weight excluding hydrogens is 182 g/mol. The molecule has 0 bridgehead atoms. The second kappa shape index (κ2) is 6.62. The standard InChI is InChI=1S/C7H15NO3.ClH/c1-9-7(10-2)6-5-8-3-4-11-6;/h6-8H,3-5H2,1-2H3;1H. The number of morpholine rings is 1. The van der Waals surface area contributed by atoms with Gasteiger partial charge in [0.05, 0.1) is 6.61 Å². The van der Waals surface area contributed by atoms with Crippen LogP contribution in [0.2, 0.25) is 0 Å². The van der Waals surface area contributed by atoms with E-state index in [0.29, 0.717) is 0 Å². The molecule has 1 fully saturated rings. The highest BCUT2D eigenvalue weighted by Crippen LogP contribution is 2.05. The van der Waals surface area contributed by atoms with Gasteiger partial charge in [-0.2, -0.15) is 0 Å². The van der Waals surface area contributed by atoms with E-state index in [4.69, 9.17) is 14.2 Å². The van der Waals surface area contributed by atoms with Crippen LogP contribution in [-0.4, -0.2) is 46.3 Å². The molecule has 1 rings (SSSR count). The normalized spacial score (nSPS) is 23.8. The average Bonchev–Trinajstić information content (AvgIpc) is 2.09. The van der Waals surface area contributed by atoms with Crippen LogP contribution < -0.4 is 5.32 Å². The average molecular weight is 198 g/mol. The van der Waals surface area contributed by atoms with Crippen molar-refractivity contribution in [3.8, 4) is 0 Å². The van der Waals surface area contributed by atoms with Gasteiger partial charge in [0.25, 0.3) is 0 Å². The predicted octanol–water partition coefficient (Wildman–Crippen LogP) is 0.0155. The van der Waals surface area contributed by atoms with Gasteiger partial charge in [0, 0.05) is 27.3 Å². The number of nitrogens with one attached hydrogen (secondary N) is 1. The molecule has 0 saturated carbocycles. The lowest BCUT2D eigenvalue weighted by molar-refractivity contribution is -0.185. The monoisotopic (exact) mass is 197 g/mol. The highest BCUT2D eigenvalue weighted by Gasteiger charge is 2.23. The van der Waals surface area contributed by atoms with Gasteiger partial charge in [-0.05, 0) is 0 Å². The van der Waals surface area contributed by atoms with Crippen LogP contribution in [0.3, 0.4) is 0 Å². The first kappa shape index (κ1) is 12.1. The van der Waals surface area contributed by atoms with Crippen molar-refractivity contribution in [1.29, 1.82) is 0 Å². The lowest BCUT2D eigenvalue weighted by atomic mass is 10.3. The maximum absolute atomic E-state index is 5.41. The molecule has 0 aromatic rings. The van der Waals surface area contributed by atoms with Crippen molar-refractivity contribution < 1.29 is 14.2 Å². The van der Waals surface area contributed by atoms with Crippen molar-refractivity contribution in [2.75, 3.05) is 33.9 Å². The van der Waals surface area contributed by atoms with Gasteiger partial charge in [0.15, 0.2) is 6.29 Å². The Kier molecular flexibility index (Phi) is 6.70. The number of methoxy groups -OCH3 is 2. The van der Waals surface area contributed by atoms with Crippen molar-refractivity contribution in [2.45, 2.75) is 12.4 Å². The lowest BCUT2D eigenvalue weighted by Crippen LogP contribution is -2.46. The van der Waals surface area contributed by atoms with Gasteiger partial charge in [-0.15, -0.1) is 12.4 Å².